The van der Waals surface area contributed by atoms with Crippen molar-refractivity contribution in [3.8, 4) is 0 Å². The van der Waals surface area contributed by atoms with Gasteiger partial charge in [0.1, 0.15) is 0 Å². The van der Waals surface area contributed by atoms with Gasteiger partial charge in [0.15, 0.2) is 23.3 Å². The van der Waals surface area contributed by atoms with Crippen LogP contribution in [0.5, 0.6) is 0 Å². The third-order valence-corrected chi connectivity index (χ3v) is 7.07. The average molecular weight is 310 g/mol. The van der Waals surface area contributed by atoms with Crippen molar-refractivity contribution >= 4 is 11.6 Å². The Morgan fingerprint density at radius 2 is 1.78 bits per heavy atom. The Morgan fingerprint density at radius 1 is 1.04 bits per heavy atom. The number of epoxide rings is 2. The van der Waals surface area contributed by atoms with E-state index in [0.717, 1.165) is 17.5 Å². The molecule has 1 aromatic carbocycles. The lowest BCUT2D eigenvalue weighted by Gasteiger charge is -2.32. The molecule has 2 bridgehead atoms. The predicted molar refractivity (Wildman–Crippen MR) is 79.7 cm³/mol. The summed E-state index contributed by atoms with van der Waals surface area (Å²) in [5.41, 5.74) is 2.18. The SMILES string of the molecule is Cc1ccc([C@@]23O[C@@H]2C(=O)[C@@H]2[C@@H]4C[C@H]([C@H]5O[C@H]45)[C@@H]2C3=O)cc1C. The van der Waals surface area contributed by atoms with Crippen molar-refractivity contribution < 1.29 is 19.1 Å². The van der Waals surface area contributed by atoms with Crippen LogP contribution in [0, 0.1) is 37.5 Å². The molecule has 0 spiro atoms. The smallest absolute Gasteiger partial charge is 0.186 e. The van der Waals surface area contributed by atoms with Crippen molar-refractivity contribution in [2.24, 2.45) is 23.7 Å². The van der Waals surface area contributed by atoms with Gasteiger partial charge in [-0.2, -0.15) is 0 Å². The number of rotatable bonds is 1. The summed E-state index contributed by atoms with van der Waals surface area (Å²) < 4.78 is 11.5. The lowest BCUT2D eigenvalue weighted by atomic mass is 9.64. The summed E-state index contributed by atoms with van der Waals surface area (Å²) in [7, 11) is 0. The highest BCUT2D eigenvalue weighted by atomic mass is 16.6. The van der Waals surface area contributed by atoms with Crippen molar-refractivity contribution in [1.82, 2.24) is 0 Å². The molecule has 3 saturated carbocycles. The highest BCUT2D eigenvalue weighted by Crippen LogP contribution is 2.68. The Kier molecular flexibility index (Phi) is 2.01. The minimum absolute atomic E-state index is 0.136. The van der Waals surface area contributed by atoms with Crippen LogP contribution in [0.2, 0.25) is 0 Å². The maximum absolute atomic E-state index is 13.3. The molecule has 0 unspecified atom stereocenters. The molecule has 2 aliphatic heterocycles. The highest BCUT2D eigenvalue weighted by Gasteiger charge is 2.81. The van der Waals surface area contributed by atoms with E-state index in [-0.39, 0.29) is 47.4 Å². The number of hydrogen-bond acceptors (Lipinski definition) is 4. The number of fused-ring (bicyclic) bond motifs is 9. The first-order valence-corrected chi connectivity index (χ1v) is 8.53. The van der Waals surface area contributed by atoms with E-state index in [0.29, 0.717) is 0 Å². The second-order valence-electron chi connectivity index (χ2n) is 7.98. The lowest BCUT2D eigenvalue weighted by Crippen LogP contribution is -2.50. The van der Waals surface area contributed by atoms with Gasteiger partial charge in [-0.15, -0.1) is 0 Å². The van der Waals surface area contributed by atoms with Gasteiger partial charge in [0, 0.05) is 11.8 Å². The van der Waals surface area contributed by atoms with Crippen LogP contribution in [0.1, 0.15) is 23.1 Å². The minimum atomic E-state index is -0.994. The maximum atomic E-state index is 13.3. The number of carbonyl (C=O) groups excluding carboxylic acids is 2. The van der Waals surface area contributed by atoms with E-state index in [2.05, 4.69) is 0 Å². The van der Waals surface area contributed by atoms with E-state index in [9.17, 15) is 9.59 Å². The fraction of sp³-hybridized carbons (Fsp3) is 0.579. The molecule has 0 radical (unpaired) electrons. The Balaban J connectivity index is 1.47. The number of Topliss-reactive ketones (excluding diaryl/α,β-unsaturated/α-hetero) is 2. The third-order valence-electron chi connectivity index (χ3n) is 7.07. The molecule has 0 aromatic heterocycles. The van der Waals surface area contributed by atoms with Gasteiger partial charge in [-0.05, 0) is 48.8 Å². The van der Waals surface area contributed by atoms with Crippen molar-refractivity contribution in [3.63, 3.8) is 0 Å². The Bertz CT molecular complexity index is 799. The van der Waals surface area contributed by atoms with Gasteiger partial charge in [0.05, 0.1) is 12.2 Å². The van der Waals surface area contributed by atoms with E-state index in [1.807, 2.05) is 32.0 Å². The van der Waals surface area contributed by atoms with Crippen molar-refractivity contribution in [1.29, 1.82) is 0 Å². The molecule has 5 aliphatic rings. The highest BCUT2D eigenvalue weighted by molar-refractivity contribution is 6.10. The molecule has 3 aliphatic carbocycles. The van der Waals surface area contributed by atoms with Crippen LogP contribution in [-0.4, -0.2) is 29.9 Å². The van der Waals surface area contributed by atoms with Crippen LogP contribution in [0.4, 0.5) is 0 Å². The second kappa shape index (κ2) is 3.60. The molecular weight excluding hydrogens is 292 g/mol. The summed E-state index contributed by atoms with van der Waals surface area (Å²) in [6.07, 6.45) is 0.892. The number of carbonyl (C=O) groups is 2. The summed E-state index contributed by atoms with van der Waals surface area (Å²) >= 11 is 0. The number of ketones is 2. The summed E-state index contributed by atoms with van der Waals surface area (Å²) in [6.45, 7) is 4.08. The first kappa shape index (κ1) is 12.8. The van der Waals surface area contributed by atoms with Crippen molar-refractivity contribution in [2.45, 2.75) is 44.2 Å². The Morgan fingerprint density at radius 3 is 2.52 bits per heavy atom. The molecule has 0 amide bonds. The summed E-state index contributed by atoms with van der Waals surface area (Å²) in [6, 6.07) is 5.99. The molecule has 5 fully saturated rings. The van der Waals surface area contributed by atoms with Gasteiger partial charge in [-0.1, -0.05) is 18.2 Å². The zero-order chi connectivity index (χ0) is 15.7. The van der Waals surface area contributed by atoms with E-state index >= 15 is 0 Å². The molecule has 118 valence electrons. The van der Waals surface area contributed by atoms with Crippen LogP contribution >= 0.6 is 0 Å². The van der Waals surface area contributed by atoms with E-state index in [1.54, 1.807) is 0 Å². The van der Waals surface area contributed by atoms with Crippen LogP contribution < -0.4 is 0 Å². The Hall–Kier alpha value is -1.52. The molecule has 2 saturated heterocycles. The molecule has 4 heteroatoms. The fourth-order valence-electron chi connectivity index (χ4n) is 5.74. The number of ether oxygens (including phenoxy) is 2. The van der Waals surface area contributed by atoms with Crippen LogP contribution in [0.3, 0.4) is 0 Å². The van der Waals surface area contributed by atoms with Gasteiger partial charge in [0.2, 0.25) is 0 Å². The fourth-order valence-corrected chi connectivity index (χ4v) is 5.74. The monoisotopic (exact) mass is 310 g/mol. The largest absolute Gasteiger partial charge is 0.369 e. The average Bonchev–Trinajstić information content (AvgIpc) is 3.43. The Labute approximate surface area is 134 Å². The molecule has 2 heterocycles. The molecular formula is C19H18O4. The molecule has 23 heavy (non-hydrogen) atoms. The van der Waals surface area contributed by atoms with Crippen LogP contribution in [-0.2, 0) is 24.7 Å². The van der Waals surface area contributed by atoms with E-state index in [1.165, 1.54) is 5.56 Å². The summed E-state index contributed by atoms with van der Waals surface area (Å²) in [4.78, 5) is 26.3. The van der Waals surface area contributed by atoms with Crippen LogP contribution in [0.15, 0.2) is 18.2 Å². The molecule has 0 N–H and O–H groups in total. The first-order valence-electron chi connectivity index (χ1n) is 8.53. The van der Waals surface area contributed by atoms with Gasteiger partial charge < -0.3 is 9.47 Å². The quantitative estimate of drug-likeness (QED) is 0.741. The minimum Gasteiger partial charge on any atom is -0.369 e. The maximum Gasteiger partial charge on any atom is 0.186 e. The molecule has 6 rings (SSSR count). The molecule has 4 nitrogen and oxygen atoms in total. The zero-order valence-electron chi connectivity index (χ0n) is 13.1. The number of aryl methyl sites for hydroxylation is 2. The van der Waals surface area contributed by atoms with Crippen molar-refractivity contribution in [3.05, 3.63) is 34.9 Å². The van der Waals surface area contributed by atoms with E-state index in [4.69, 9.17) is 9.47 Å². The third kappa shape index (κ3) is 1.26. The van der Waals surface area contributed by atoms with Gasteiger partial charge in [0.25, 0.3) is 0 Å². The second-order valence-corrected chi connectivity index (χ2v) is 7.98. The van der Waals surface area contributed by atoms with Crippen LogP contribution in [0.25, 0.3) is 0 Å². The molecule has 1 aromatic rings. The van der Waals surface area contributed by atoms with Crippen molar-refractivity contribution in [2.75, 3.05) is 0 Å². The van der Waals surface area contributed by atoms with Gasteiger partial charge >= 0.3 is 0 Å². The van der Waals surface area contributed by atoms with Gasteiger partial charge in [-0.3, -0.25) is 9.59 Å². The summed E-state index contributed by atoms with van der Waals surface area (Å²) in [5.74, 6) is 0.444. The molecule has 8 atom stereocenters. The first-order chi connectivity index (χ1) is 11.0. The van der Waals surface area contributed by atoms with E-state index < -0.39 is 11.7 Å². The zero-order valence-corrected chi connectivity index (χ0v) is 13.1. The van der Waals surface area contributed by atoms with Gasteiger partial charge in [-0.25, -0.2) is 0 Å². The number of benzene rings is 1. The predicted octanol–water partition coefficient (Wildman–Crippen LogP) is 1.70. The standard InChI is InChI=1S/C19H18O4/c1-7-3-4-9(5-8(7)2)19-17(21)13-11-6-10(15-16(11)22-15)12(13)14(20)18(19)23-19/h3-5,10-13,15-16,18H,6H2,1-2H3/t10-,11-,12+,13-,15+,16+,18+,19-/m0/s1. The summed E-state index contributed by atoms with van der Waals surface area (Å²) in [5, 5.41) is 0. The normalized spacial score (nSPS) is 51.3. The topological polar surface area (TPSA) is 59.2 Å². The lowest BCUT2D eigenvalue weighted by molar-refractivity contribution is -0.140. The number of hydrogen-bond donors (Lipinski definition) is 0.